The molecule has 0 aromatic carbocycles. The van der Waals surface area contributed by atoms with E-state index < -0.39 is 9.70 Å². The molecule has 0 saturated heterocycles. The number of rotatable bonds is 1. The molecule has 5 heteroatoms. The number of carbonyl (C=O) groups is 1. The maximum atomic E-state index is 11.4. The number of amides is 1. The Morgan fingerprint density at radius 2 is 2.00 bits per heavy atom. The van der Waals surface area contributed by atoms with Crippen molar-refractivity contribution >= 4 is 40.7 Å². The van der Waals surface area contributed by atoms with E-state index in [9.17, 15) is 4.79 Å². The van der Waals surface area contributed by atoms with Crippen molar-refractivity contribution < 1.29 is 4.79 Å². The summed E-state index contributed by atoms with van der Waals surface area (Å²) < 4.78 is -1.86. The molecule has 0 saturated carbocycles. The zero-order valence-corrected chi connectivity index (χ0v) is 10.6. The summed E-state index contributed by atoms with van der Waals surface area (Å²) in [6, 6.07) is -0.00609. The van der Waals surface area contributed by atoms with Crippen molar-refractivity contribution in [1.29, 1.82) is 0 Å². The van der Waals surface area contributed by atoms with Crippen LogP contribution in [0.25, 0.3) is 0 Å². The van der Waals surface area contributed by atoms with Gasteiger partial charge < -0.3 is 5.32 Å². The molecule has 86 valence electrons. The summed E-state index contributed by atoms with van der Waals surface area (Å²) in [7, 11) is 0. The van der Waals surface area contributed by atoms with Crippen molar-refractivity contribution in [3.05, 3.63) is 12.2 Å². The van der Waals surface area contributed by atoms with Crippen molar-refractivity contribution in [2.75, 3.05) is 0 Å². The Balaban J connectivity index is 2.48. The summed E-state index contributed by atoms with van der Waals surface area (Å²) in [5.41, 5.74) is 0. The fourth-order valence-corrected chi connectivity index (χ4v) is 1.69. The molecule has 0 aromatic heterocycles. The Morgan fingerprint density at radius 3 is 2.67 bits per heavy atom. The Morgan fingerprint density at radius 1 is 1.27 bits per heavy atom. The van der Waals surface area contributed by atoms with Gasteiger partial charge in [-0.1, -0.05) is 59.8 Å². The Kier molecular flexibility index (Phi) is 5.24. The maximum Gasteiger partial charge on any atom is 0.272 e. The molecule has 0 bridgehead atoms. The fourth-order valence-electron chi connectivity index (χ4n) is 1.53. The number of hydrogen-bond acceptors (Lipinski definition) is 1. The molecular formula is C10H14Cl3NO. The predicted molar refractivity (Wildman–Crippen MR) is 64.4 cm³/mol. The van der Waals surface area contributed by atoms with Gasteiger partial charge in [-0.25, -0.2) is 0 Å². The van der Waals surface area contributed by atoms with Crippen LogP contribution in [-0.2, 0) is 4.79 Å². The predicted octanol–water partition coefficient (Wildman–Crippen LogP) is 3.36. The second-order valence-corrected chi connectivity index (χ2v) is 5.93. The van der Waals surface area contributed by atoms with E-state index in [2.05, 4.69) is 11.4 Å². The topological polar surface area (TPSA) is 29.1 Å². The molecule has 2 nitrogen and oxygen atoms in total. The highest BCUT2D eigenvalue weighted by Gasteiger charge is 2.31. The van der Waals surface area contributed by atoms with Crippen LogP contribution in [0.3, 0.4) is 0 Å². The van der Waals surface area contributed by atoms with Gasteiger partial charge in [0.15, 0.2) is 0 Å². The van der Waals surface area contributed by atoms with Crippen molar-refractivity contribution in [3.8, 4) is 0 Å². The van der Waals surface area contributed by atoms with Gasteiger partial charge in [0.05, 0.1) is 0 Å². The van der Waals surface area contributed by atoms with Gasteiger partial charge in [-0.3, -0.25) is 4.79 Å². The van der Waals surface area contributed by atoms with Gasteiger partial charge in [0.1, 0.15) is 0 Å². The molecular weight excluding hydrogens is 256 g/mol. The largest absolute Gasteiger partial charge is 0.346 e. The highest BCUT2D eigenvalue weighted by molar-refractivity contribution is 6.76. The molecule has 0 spiro atoms. The number of halogens is 3. The quantitative estimate of drug-likeness (QED) is 0.574. The summed E-state index contributed by atoms with van der Waals surface area (Å²) in [6.07, 6.45) is 9.50. The molecule has 1 amide bonds. The minimum atomic E-state index is -1.86. The molecule has 0 aliphatic heterocycles. The lowest BCUT2D eigenvalue weighted by Crippen LogP contribution is -2.40. The van der Waals surface area contributed by atoms with Crippen LogP contribution in [0, 0.1) is 0 Å². The third kappa shape index (κ3) is 5.10. The summed E-state index contributed by atoms with van der Waals surface area (Å²) in [5.74, 6) is -0.553. The number of alkyl halides is 3. The number of hydrogen-bond donors (Lipinski definition) is 1. The van der Waals surface area contributed by atoms with Crippen LogP contribution in [0.4, 0.5) is 0 Å². The van der Waals surface area contributed by atoms with Crippen LogP contribution in [0.15, 0.2) is 12.2 Å². The first kappa shape index (κ1) is 13.1. The highest BCUT2D eigenvalue weighted by Crippen LogP contribution is 2.26. The first-order chi connectivity index (χ1) is 7.00. The van der Waals surface area contributed by atoms with E-state index in [4.69, 9.17) is 34.8 Å². The summed E-state index contributed by atoms with van der Waals surface area (Å²) in [5, 5.41) is 2.70. The summed E-state index contributed by atoms with van der Waals surface area (Å²) in [4.78, 5) is 11.4. The van der Waals surface area contributed by atoms with Gasteiger partial charge in [-0.2, -0.15) is 0 Å². The average molecular weight is 271 g/mol. The Labute approximate surface area is 105 Å². The standard InChI is InChI=1S/C10H14Cl3NO/c11-10(12,13)9(15)14-8-6-4-2-1-3-5-7-8/h4,6,8H,1-3,5,7H2,(H,14,15)/b6-4-. The minimum absolute atomic E-state index is 0.00609. The van der Waals surface area contributed by atoms with Gasteiger partial charge in [0, 0.05) is 6.04 Å². The number of allylic oxidation sites excluding steroid dienone is 1. The molecule has 1 aliphatic rings. The van der Waals surface area contributed by atoms with Gasteiger partial charge >= 0.3 is 0 Å². The Hall–Kier alpha value is 0.0800. The molecule has 0 aromatic rings. The van der Waals surface area contributed by atoms with Crippen LogP contribution in [0.1, 0.15) is 32.1 Å². The van der Waals surface area contributed by atoms with E-state index in [1.807, 2.05) is 6.08 Å². The van der Waals surface area contributed by atoms with Crippen LogP contribution in [0.2, 0.25) is 0 Å². The van der Waals surface area contributed by atoms with Gasteiger partial charge in [-0.15, -0.1) is 0 Å². The second kappa shape index (κ2) is 5.97. The van der Waals surface area contributed by atoms with Gasteiger partial charge in [0.25, 0.3) is 9.70 Å². The second-order valence-electron chi connectivity index (χ2n) is 3.64. The van der Waals surface area contributed by atoms with E-state index in [0.717, 1.165) is 19.3 Å². The van der Waals surface area contributed by atoms with E-state index in [1.165, 1.54) is 12.8 Å². The highest BCUT2D eigenvalue weighted by atomic mass is 35.6. The van der Waals surface area contributed by atoms with Crippen molar-refractivity contribution in [1.82, 2.24) is 5.32 Å². The SMILES string of the molecule is O=C(NC1/C=C\CCCCC1)C(Cl)(Cl)Cl. The van der Waals surface area contributed by atoms with Gasteiger partial charge in [0.2, 0.25) is 0 Å². The molecule has 15 heavy (non-hydrogen) atoms. The van der Waals surface area contributed by atoms with Crippen LogP contribution >= 0.6 is 34.8 Å². The van der Waals surface area contributed by atoms with Crippen molar-refractivity contribution in [2.45, 2.75) is 41.9 Å². The number of nitrogens with one attached hydrogen (secondary N) is 1. The first-order valence-electron chi connectivity index (χ1n) is 5.04. The van der Waals surface area contributed by atoms with E-state index in [-0.39, 0.29) is 6.04 Å². The molecule has 0 heterocycles. The molecule has 1 aliphatic carbocycles. The Bertz CT molecular complexity index is 248. The lowest BCUT2D eigenvalue weighted by Gasteiger charge is -2.19. The molecule has 0 radical (unpaired) electrons. The molecule has 1 atom stereocenters. The lowest BCUT2D eigenvalue weighted by atomic mass is 10.0. The van der Waals surface area contributed by atoms with Crippen LogP contribution in [-0.4, -0.2) is 15.7 Å². The summed E-state index contributed by atoms with van der Waals surface area (Å²) >= 11 is 16.4. The number of carbonyl (C=O) groups excluding carboxylic acids is 1. The van der Waals surface area contributed by atoms with E-state index in [1.54, 1.807) is 0 Å². The van der Waals surface area contributed by atoms with E-state index >= 15 is 0 Å². The minimum Gasteiger partial charge on any atom is -0.346 e. The van der Waals surface area contributed by atoms with Crippen LogP contribution < -0.4 is 5.32 Å². The fraction of sp³-hybridized carbons (Fsp3) is 0.700. The molecule has 0 fully saturated rings. The first-order valence-corrected chi connectivity index (χ1v) is 6.18. The average Bonchev–Trinajstić information content (AvgIpc) is 2.07. The molecule has 1 unspecified atom stereocenters. The third-order valence-electron chi connectivity index (χ3n) is 2.33. The van der Waals surface area contributed by atoms with E-state index in [0.29, 0.717) is 0 Å². The normalized spacial score (nSPS) is 25.1. The third-order valence-corrected chi connectivity index (χ3v) is 2.84. The molecule has 1 N–H and O–H groups in total. The zero-order chi connectivity index (χ0) is 11.3. The summed E-state index contributed by atoms with van der Waals surface area (Å²) in [6.45, 7) is 0. The van der Waals surface area contributed by atoms with Gasteiger partial charge in [-0.05, 0) is 19.3 Å². The van der Waals surface area contributed by atoms with Crippen molar-refractivity contribution in [2.24, 2.45) is 0 Å². The smallest absolute Gasteiger partial charge is 0.272 e. The monoisotopic (exact) mass is 269 g/mol. The van der Waals surface area contributed by atoms with Crippen LogP contribution in [0.5, 0.6) is 0 Å². The zero-order valence-electron chi connectivity index (χ0n) is 8.31. The molecule has 1 rings (SSSR count). The lowest BCUT2D eigenvalue weighted by molar-refractivity contribution is -0.120. The van der Waals surface area contributed by atoms with Crippen molar-refractivity contribution in [3.63, 3.8) is 0 Å². The maximum absolute atomic E-state index is 11.4.